The summed E-state index contributed by atoms with van der Waals surface area (Å²) in [5, 5.41) is 2.45. The van der Waals surface area contributed by atoms with E-state index in [1.165, 1.54) is 12.1 Å². The SMILES string of the molecule is O=C(Nc1nc2ccccc2[nH]1)c1cccc(C(F)(F)F)c1. The number of benzene rings is 2. The molecule has 112 valence electrons. The molecule has 0 aliphatic rings. The summed E-state index contributed by atoms with van der Waals surface area (Å²) in [4.78, 5) is 19.0. The Balaban J connectivity index is 1.85. The standard InChI is InChI=1S/C15H10F3N3O/c16-15(17,18)10-5-3-4-9(8-10)13(22)21-14-19-11-6-1-2-7-12(11)20-14/h1-8H,(H2,19,20,21,22). The number of rotatable bonds is 2. The third kappa shape index (κ3) is 2.78. The van der Waals surface area contributed by atoms with Crippen LogP contribution in [0.5, 0.6) is 0 Å². The number of H-pyrrole nitrogens is 1. The number of aromatic nitrogens is 2. The Hall–Kier alpha value is -2.83. The number of para-hydroxylation sites is 2. The maximum Gasteiger partial charge on any atom is 0.416 e. The van der Waals surface area contributed by atoms with Gasteiger partial charge in [0.25, 0.3) is 5.91 Å². The summed E-state index contributed by atoms with van der Waals surface area (Å²) in [6.07, 6.45) is -4.49. The first-order valence-electron chi connectivity index (χ1n) is 6.37. The summed E-state index contributed by atoms with van der Waals surface area (Å²) in [5.74, 6) is -0.478. The number of fused-ring (bicyclic) bond motifs is 1. The van der Waals surface area contributed by atoms with Crippen LogP contribution >= 0.6 is 0 Å². The summed E-state index contributed by atoms with van der Waals surface area (Å²) in [6, 6.07) is 11.4. The minimum Gasteiger partial charge on any atom is -0.324 e. The molecule has 22 heavy (non-hydrogen) atoms. The maximum atomic E-state index is 12.6. The third-order valence-electron chi connectivity index (χ3n) is 3.07. The van der Waals surface area contributed by atoms with Crippen LogP contribution in [0.3, 0.4) is 0 Å². The zero-order valence-corrected chi connectivity index (χ0v) is 11.1. The van der Waals surface area contributed by atoms with Gasteiger partial charge in [0.1, 0.15) is 0 Å². The molecule has 0 aliphatic carbocycles. The van der Waals surface area contributed by atoms with Gasteiger partial charge in [-0.1, -0.05) is 18.2 Å². The molecule has 1 amide bonds. The van der Waals surface area contributed by atoms with E-state index in [1.807, 2.05) is 0 Å². The molecule has 2 N–H and O–H groups in total. The van der Waals surface area contributed by atoms with Gasteiger partial charge in [0, 0.05) is 5.56 Å². The molecule has 1 heterocycles. The predicted molar refractivity (Wildman–Crippen MR) is 75.5 cm³/mol. The molecule has 0 saturated heterocycles. The van der Waals surface area contributed by atoms with Crippen molar-refractivity contribution < 1.29 is 18.0 Å². The fourth-order valence-electron chi connectivity index (χ4n) is 2.03. The van der Waals surface area contributed by atoms with Crippen molar-refractivity contribution in [1.82, 2.24) is 9.97 Å². The first-order valence-corrected chi connectivity index (χ1v) is 6.37. The number of anilines is 1. The van der Waals surface area contributed by atoms with Crippen LogP contribution in [0.1, 0.15) is 15.9 Å². The minimum absolute atomic E-state index is 0.0877. The summed E-state index contributed by atoms with van der Waals surface area (Å²) in [5.41, 5.74) is 0.420. The van der Waals surface area contributed by atoms with Crippen LogP contribution in [0.15, 0.2) is 48.5 Å². The molecule has 7 heteroatoms. The van der Waals surface area contributed by atoms with Gasteiger partial charge in [-0.05, 0) is 30.3 Å². The number of amides is 1. The van der Waals surface area contributed by atoms with Gasteiger partial charge in [-0.15, -0.1) is 0 Å². The number of imidazole rings is 1. The number of hydrogen-bond donors (Lipinski definition) is 2. The van der Waals surface area contributed by atoms with Crippen molar-refractivity contribution in [3.63, 3.8) is 0 Å². The summed E-state index contributed by atoms with van der Waals surface area (Å²) in [7, 11) is 0. The highest BCUT2D eigenvalue weighted by molar-refractivity contribution is 6.04. The van der Waals surface area contributed by atoms with Crippen molar-refractivity contribution in [3.8, 4) is 0 Å². The summed E-state index contributed by atoms with van der Waals surface area (Å²) in [6.45, 7) is 0. The molecule has 0 aliphatic heterocycles. The van der Waals surface area contributed by atoms with Crippen molar-refractivity contribution in [3.05, 3.63) is 59.7 Å². The predicted octanol–water partition coefficient (Wildman–Crippen LogP) is 3.83. The Bertz CT molecular complexity index is 806. The number of alkyl halides is 3. The number of carbonyl (C=O) groups is 1. The van der Waals surface area contributed by atoms with Crippen molar-refractivity contribution >= 4 is 22.9 Å². The maximum absolute atomic E-state index is 12.6. The fraction of sp³-hybridized carbons (Fsp3) is 0.0667. The molecule has 0 saturated carbocycles. The second-order valence-corrected chi connectivity index (χ2v) is 4.64. The molecule has 0 fully saturated rings. The van der Waals surface area contributed by atoms with Crippen LogP contribution in [0.25, 0.3) is 11.0 Å². The highest BCUT2D eigenvalue weighted by Crippen LogP contribution is 2.29. The average Bonchev–Trinajstić information content (AvgIpc) is 2.88. The zero-order valence-electron chi connectivity index (χ0n) is 11.1. The van der Waals surface area contributed by atoms with Gasteiger partial charge in [-0.3, -0.25) is 10.1 Å². The van der Waals surface area contributed by atoms with Crippen LogP contribution in [-0.2, 0) is 6.18 Å². The van der Waals surface area contributed by atoms with Crippen molar-refractivity contribution in [2.45, 2.75) is 6.18 Å². The molecule has 1 aromatic heterocycles. The van der Waals surface area contributed by atoms with Gasteiger partial charge in [0.15, 0.2) is 0 Å². The van der Waals surface area contributed by atoms with Gasteiger partial charge < -0.3 is 4.98 Å². The molecule has 3 aromatic rings. The lowest BCUT2D eigenvalue weighted by Gasteiger charge is -2.08. The van der Waals surface area contributed by atoms with Crippen LogP contribution in [0, 0.1) is 0 Å². The molecule has 0 bridgehead atoms. The topological polar surface area (TPSA) is 57.8 Å². The Morgan fingerprint density at radius 1 is 1.09 bits per heavy atom. The first-order chi connectivity index (χ1) is 10.4. The second kappa shape index (κ2) is 5.18. The minimum atomic E-state index is -4.49. The molecular formula is C15H10F3N3O. The second-order valence-electron chi connectivity index (χ2n) is 4.64. The molecule has 0 radical (unpaired) electrons. The largest absolute Gasteiger partial charge is 0.416 e. The van der Waals surface area contributed by atoms with Crippen LogP contribution in [0.4, 0.5) is 19.1 Å². The zero-order chi connectivity index (χ0) is 15.7. The highest BCUT2D eigenvalue weighted by atomic mass is 19.4. The van der Waals surface area contributed by atoms with Crippen molar-refractivity contribution in [2.75, 3.05) is 5.32 Å². The molecule has 0 atom stereocenters. The van der Waals surface area contributed by atoms with E-state index in [1.54, 1.807) is 24.3 Å². The molecule has 2 aromatic carbocycles. The Morgan fingerprint density at radius 2 is 1.86 bits per heavy atom. The van der Waals surface area contributed by atoms with Crippen LogP contribution in [-0.4, -0.2) is 15.9 Å². The van der Waals surface area contributed by atoms with Gasteiger partial charge in [0.2, 0.25) is 5.95 Å². The Morgan fingerprint density at radius 3 is 2.59 bits per heavy atom. The molecule has 3 rings (SSSR count). The van der Waals surface area contributed by atoms with E-state index >= 15 is 0 Å². The lowest BCUT2D eigenvalue weighted by Crippen LogP contribution is -2.14. The third-order valence-corrected chi connectivity index (χ3v) is 3.07. The number of halogens is 3. The fourth-order valence-corrected chi connectivity index (χ4v) is 2.03. The molecule has 4 nitrogen and oxygen atoms in total. The van der Waals surface area contributed by atoms with Crippen LogP contribution in [0.2, 0.25) is 0 Å². The van der Waals surface area contributed by atoms with E-state index in [0.29, 0.717) is 5.52 Å². The lowest BCUT2D eigenvalue weighted by atomic mass is 10.1. The number of hydrogen-bond acceptors (Lipinski definition) is 2. The number of nitrogens with one attached hydrogen (secondary N) is 2. The lowest BCUT2D eigenvalue weighted by molar-refractivity contribution is -0.137. The number of nitrogens with zero attached hydrogens (tertiary/aromatic N) is 1. The molecule has 0 spiro atoms. The number of aromatic amines is 1. The van der Waals surface area contributed by atoms with Gasteiger partial charge in [0.05, 0.1) is 16.6 Å². The van der Waals surface area contributed by atoms with E-state index in [-0.39, 0.29) is 11.5 Å². The van der Waals surface area contributed by atoms with Gasteiger partial charge in [-0.2, -0.15) is 13.2 Å². The van der Waals surface area contributed by atoms with E-state index in [4.69, 9.17) is 0 Å². The normalized spacial score (nSPS) is 11.6. The quantitative estimate of drug-likeness (QED) is 0.756. The van der Waals surface area contributed by atoms with Crippen LogP contribution < -0.4 is 5.32 Å². The van der Waals surface area contributed by atoms with Crippen molar-refractivity contribution in [2.24, 2.45) is 0 Å². The Kier molecular flexibility index (Phi) is 3.32. The van der Waals surface area contributed by atoms with E-state index in [0.717, 1.165) is 17.6 Å². The van der Waals surface area contributed by atoms with E-state index in [9.17, 15) is 18.0 Å². The molecular weight excluding hydrogens is 295 g/mol. The highest BCUT2D eigenvalue weighted by Gasteiger charge is 2.30. The smallest absolute Gasteiger partial charge is 0.324 e. The monoisotopic (exact) mass is 305 g/mol. The van der Waals surface area contributed by atoms with Gasteiger partial charge in [-0.25, -0.2) is 4.98 Å². The van der Waals surface area contributed by atoms with E-state index < -0.39 is 17.6 Å². The summed E-state index contributed by atoms with van der Waals surface area (Å²) < 4.78 is 37.9. The van der Waals surface area contributed by atoms with Crippen molar-refractivity contribution in [1.29, 1.82) is 0 Å². The molecule has 0 unspecified atom stereocenters. The number of carbonyl (C=O) groups excluding carboxylic acids is 1. The average molecular weight is 305 g/mol. The first kappa shape index (κ1) is 14.1. The van der Waals surface area contributed by atoms with E-state index in [2.05, 4.69) is 15.3 Å². The summed E-state index contributed by atoms with van der Waals surface area (Å²) >= 11 is 0. The van der Waals surface area contributed by atoms with Gasteiger partial charge >= 0.3 is 6.18 Å². The Labute approximate surface area is 123 Å².